The molecule has 0 spiro atoms. The summed E-state index contributed by atoms with van der Waals surface area (Å²) in [6.07, 6.45) is 15.6. The van der Waals surface area contributed by atoms with Crippen LogP contribution in [-0.2, 0) is 23.7 Å². The van der Waals surface area contributed by atoms with Gasteiger partial charge in [-0.25, -0.2) is 0 Å². The largest absolute Gasteiger partial charge is 0.394 e. The molecule has 2 heterocycles. The number of carbonyl (C=O) groups excluding carboxylic acids is 1. The van der Waals surface area contributed by atoms with Gasteiger partial charge in [-0.05, 0) is 12.8 Å². The van der Waals surface area contributed by atoms with E-state index in [-0.39, 0.29) is 12.8 Å². The van der Waals surface area contributed by atoms with Crippen molar-refractivity contribution in [1.82, 2.24) is 5.32 Å². The Morgan fingerprint density at radius 2 is 0.868 bits per heavy atom. The molecule has 0 bridgehead atoms. The highest BCUT2D eigenvalue weighted by molar-refractivity contribution is 5.80. The third kappa shape index (κ3) is 25.5. The number of unbranched alkanes of at least 4 members (excludes halogenated alkanes) is 28. The Morgan fingerprint density at radius 3 is 1.29 bits per heavy atom. The van der Waals surface area contributed by atoms with E-state index in [1.165, 1.54) is 135 Å². The molecule has 0 aromatic carbocycles. The second-order valence-electron chi connectivity index (χ2n) is 20.0. The second-order valence-corrected chi connectivity index (χ2v) is 20.0. The molecule has 14 atom stereocenters. The van der Waals surface area contributed by atoms with Gasteiger partial charge in [0.1, 0.15) is 61.0 Å². The van der Waals surface area contributed by atoms with E-state index in [1.807, 2.05) is 0 Å². The molecule has 14 unspecified atom stereocenters. The third-order valence-electron chi connectivity index (χ3n) is 14.0. The molecule has 11 N–H and O–H groups in total. The van der Waals surface area contributed by atoms with Crippen LogP contribution in [-0.4, -0.2) is 163 Å². The highest BCUT2D eigenvalue weighted by Crippen LogP contribution is 2.30. The molecule has 0 aliphatic carbocycles. The molecule has 0 aromatic rings. The maximum Gasteiger partial charge on any atom is 0.249 e. The van der Waals surface area contributed by atoms with Gasteiger partial charge in [0, 0.05) is 0 Å². The molecule has 2 aliphatic heterocycles. The lowest BCUT2D eigenvalue weighted by Crippen LogP contribution is -2.65. The minimum atomic E-state index is -1.84. The van der Waals surface area contributed by atoms with Gasteiger partial charge in [-0.3, -0.25) is 4.79 Å². The van der Waals surface area contributed by atoms with Crippen LogP contribution in [0.3, 0.4) is 0 Å². The molecule has 0 saturated carbocycles. The Morgan fingerprint density at radius 1 is 0.485 bits per heavy atom. The molecule has 2 rings (SSSR count). The van der Waals surface area contributed by atoms with Crippen LogP contribution in [0.5, 0.6) is 0 Å². The Labute approximate surface area is 409 Å². The van der Waals surface area contributed by atoms with E-state index in [0.717, 1.165) is 44.9 Å². The van der Waals surface area contributed by atoms with Gasteiger partial charge in [-0.1, -0.05) is 206 Å². The molecule has 0 aromatic heterocycles. The summed E-state index contributed by atoms with van der Waals surface area (Å²) < 4.78 is 22.5. The van der Waals surface area contributed by atoms with Crippen molar-refractivity contribution in [2.45, 2.75) is 305 Å². The zero-order chi connectivity index (χ0) is 49.9. The maximum absolute atomic E-state index is 13.3. The van der Waals surface area contributed by atoms with Crippen molar-refractivity contribution < 1.29 is 74.8 Å². The van der Waals surface area contributed by atoms with Gasteiger partial charge in [0.25, 0.3) is 0 Å². The van der Waals surface area contributed by atoms with E-state index < -0.39 is 111 Å². The van der Waals surface area contributed by atoms with Gasteiger partial charge in [0.2, 0.25) is 5.91 Å². The van der Waals surface area contributed by atoms with Crippen molar-refractivity contribution in [2.24, 2.45) is 0 Å². The van der Waals surface area contributed by atoms with E-state index in [1.54, 1.807) is 0 Å². The lowest BCUT2D eigenvalue weighted by molar-refractivity contribution is -0.359. The van der Waals surface area contributed by atoms with Crippen LogP contribution in [0.1, 0.15) is 219 Å². The van der Waals surface area contributed by atoms with Crippen LogP contribution < -0.4 is 5.32 Å². The quantitative estimate of drug-likeness (QED) is 0.0327. The van der Waals surface area contributed by atoms with Crippen LogP contribution >= 0.6 is 0 Å². The van der Waals surface area contributed by atoms with Crippen molar-refractivity contribution in [2.75, 3.05) is 19.8 Å². The minimum Gasteiger partial charge on any atom is -0.394 e. The first-order chi connectivity index (χ1) is 32.9. The molecule has 16 nitrogen and oxygen atoms in total. The van der Waals surface area contributed by atoms with Gasteiger partial charge in [0.05, 0.1) is 32.0 Å². The lowest BCUT2D eigenvalue weighted by Gasteiger charge is -2.46. The van der Waals surface area contributed by atoms with Gasteiger partial charge >= 0.3 is 0 Å². The number of carbonyl (C=O) groups is 1. The smallest absolute Gasteiger partial charge is 0.249 e. The standard InChI is InChI=1S/C52H101NO15/c1-3-5-7-9-11-13-15-16-17-18-19-20-21-22-23-24-26-28-30-32-34-40(57)50(64)53-38(43(58)39(56)33-31-29-27-25-14-12-10-8-6-4-2)37-65-51-48(63)46(61)49(42(36-55)67-51)68-52-47(62)45(60)44(59)41(35-54)66-52/h38-49,51-52,54-63H,3-37H2,1-2H3,(H,53,64). The molecule has 0 radical (unpaired) electrons. The number of ether oxygens (including phenoxy) is 4. The number of amides is 1. The van der Waals surface area contributed by atoms with Crippen molar-refractivity contribution in [3.8, 4) is 0 Å². The zero-order valence-electron chi connectivity index (χ0n) is 42.3. The molecule has 2 saturated heterocycles. The molecule has 1 amide bonds. The van der Waals surface area contributed by atoms with Gasteiger partial charge in [0.15, 0.2) is 12.6 Å². The predicted octanol–water partition coefficient (Wildman–Crippen LogP) is 5.72. The second kappa shape index (κ2) is 39.4. The van der Waals surface area contributed by atoms with Gasteiger partial charge in [-0.15, -0.1) is 0 Å². The topological polar surface area (TPSA) is 268 Å². The van der Waals surface area contributed by atoms with Gasteiger partial charge in [-0.2, -0.15) is 0 Å². The van der Waals surface area contributed by atoms with E-state index in [0.29, 0.717) is 12.8 Å². The summed E-state index contributed by atoms with van der Waals surface area (Å²) in [6, 6.07) is -1.27. The first-order valence-electron chi connectivity index (χ1n) is 27.5. The number of nitrogens with one attached hydrogen (secondary N) is 1. The highest BCUT2D eigenvalue weighted by Gasteiger charge is 2.51. The fourth-order valence-electron chi connectivity index (χ4n) is 9.40. The fourth-order valence-corrected chi connectivity index (χ4v) is 9.40. The molecular formula is C52H101NO15. The maximum atomic E-state index is 13.3. The van der Waals surface area contributed by atoms with Crippen LogP contribution in [0.2, 0.25) is 0 Å². The van der Waals surface area contributed by atoms with Crippen molar-refractivity contribution in [3.05, 3.63) is 0 Å². The van der Waals surface area contributed by atoms with Crippen molar-refractivity contribution >= 4 is 5.91 Å². The van der Waals surface area contributed by atoms with Gasteiger partial charge < -0.3 is 75.3 Å². The molecule has 68 heavy (non-hydrogen) atoms. The van der Waals surface area contributed by atoms with E-state index in [2.05, 4.69) is 19.2 Å². The summed E-state index contributed by atoms with van der Waals surface area (Å²) in [7, 11) is 0. The third-order valence-corrected chi connectivity index (χ3v) is 14.0. The Kier molecular flexibility index (Phi) is 36.6. The molecule has 404 valence electrons. The van der Waals surface area contributed by atoms with Crippen LogP contribution in [0.4, 0.5) is 0 Å². The zero-order valence-corrected chi connectivity index (χ0v) is 42.3. The van der Waals surface area contributed by atoms with E-state index in [9.17, 15) is 55.9 Å². The SMILES string of the molecule is CCCCCCCCCCCCCCCCCCCCCCC(O)C(=O)NC(COC1OC(CO)C(OC2OC(CO)C(O)C(O)C2O)C(O)C1O)C(O)C(O)CCCCCCCCCCCC. The van der Waals surface area contributed by atoms with E-state index >= 15 is 0 Å². The normalized spacial score (nSPS) is 27.2. The Bertz CT molecular complexity index is 1190. The average molecular weight is 980 g/mol. The van der Waals surface area contributed by atoms with Crippen LogP contribution in [0.25, 0.3) is 0 Å². The average Bonchev–Trinajstić information content (AvgIpc) is 3.34. The molecule has 16 heteroatoms. The predicted molar refractivity (Wildman–Crippen MR) is 261 cm³/mol. The number of hydrogen-bond acceptors (Lipinski definition) is 15. The van der Waals surface area contributed by atoms with Crippen molar-refractivity contribution in [3.63, 3.8) is 0 Å². The fraction of sp³-hybridized carbons (Fsp3) is 0.981. The lowest BCUT2D eigenvalue weighted by atomic mass is 9.97. The van der Waals surface area contributed by atoms with E-state index in [4.69, 9.17) is 18.9 Å². The Hall–Kier alpha value is -1.09. The number of hydrogen-bond donors (Lipinski definition) is 11. The van der Waals surface area contributed by atoms with Crippen LogP contribution in [0.15, 0.2) is 0 Å². The summed E-state index contributed by atoms with van der Waals surface area (Å²) >= 11 is 0. The van der Waals surface area contributed by atoms with Crippen molar-refractivity contribution in [1.29, 1.82) is 0 Å². The highest BCUT2D eigenvalue weighted by atomic mass is 16.7. The Balaban J connectivity index is 1.83. The summed E-state index contributed by atoms with van der Waals surface area (Å²) in [5, 5.41) is 109. The molecule has 2 aliphatic rings. The summed E-state index contributed by atoms with van der Waals surface area (Å²) in [4.78, 5) is 13.3. The summed E-state index contributed by atoms with van der Waals surface area (Å²) in [5.41, 5.74) is 0. The molecular weight excluding hydrogens is 879 g/mol. The number of rotatable bonds is 43. The number of aliphatic hydroxyl groups is 10. The minimum absolute atomic E-state index is 0.209. The molecule has 2 fully saturated rings. The first-order valence-corrected chi connectivity index (χ1v) is 27.5. The monoisotopic (exact) mass is 980 g/mol. The number of aliphatic hydroxyl groups excluding tert-OH is 10. The van der Waals surface area contributed by atoms with Crippen LogP contribution in [0, 0.1) is 0 Å². The first kappa shape index (κ1) is 63.0. The summed E-state index contributed by atoms with van der Waals surface area (Å²) in [6.45, 7) is 2.42. The summed E-state index contributed by atoms with van der Waals surface area (Å²) in [5.74, 6) is -0.757.